The SMILES string of the molecule is COC(=O)NC(C(=O)NC(Cc1ccc(C#Cc2ccc(N3CC4CCC(C3)N4C3COC3)nc2)cc1)C(O)CN(Cc1c(F)cc(-c2cnccn2)cc1F)NC(=O)C(NC(=O)O)C(C)(C)C)C(C)(C)C(F)(F)F. The number of hydrogen-bond donors (Lipinski definition) is 6. The summed E-state index contributed by atoms with van der Waals surface area (Å²) in [5.74, 6) is 2.44. The van der Waals surface area contributed by atoms with Crippen molar-refractivity contribution in [2.75, 3.05) is 44.9 Å². The Balaban J connectivity index is 1.15. The van der Waals surface area contributed by atoms with Gasteiger partial charge in [-0.05, 0) is 80.5 Å². The van der Waals surface area contributed by atoms with Gasteiger partial charge in [0, 0.05) is 79.1 Å². The summed E-state index contributed by atoms with van der Waals surface area (Å²) in [6.07, 6.45) is -2.20. The number of ether oxygens (including phenoxy) is 2. The fourth-order valence-corrected chi connectivity index (χ4v) is 9.41. The van der Waals surface area contributed by atoms with E-state index in [-0.39, 0.29) is 17.7 Å². The van der Waals surface area contributed by atoms with E-state index in [0.717, 1.165) is 69.2 Å². The number of benzene rings is 2. The van der Waals surface area contributed by atoms with Gasteiger partial charge in [0.25, 0.3) is 5.91 Å². The highest BCUT2D eigenvalue weighted by atomic mass is 19.4. The fourth-order valence-electron chi connectivity index (χ4n) is 9.41. The maximum absolute atomic E-state index is 15.9. The highest BCUT2D eigenvalue weighted by molar-refractivity contribution is 5.87. The number of aliphatic hydroxyl groups is 1. The van der Waals surface area contributed by atoms with Crippen LogP contribution in [0, 0.1) is 34.3 Å². The van der Waals surface area contributed by atoms with Gasteiger partial charge < -0.3 is 40.5 Å². The number of pyridine rings is 1. The van der Waals surface area contributed by atoms with Gasteiger partial charge in [-0.15, -0.1) is 0 Å². The molecule has 402 valence electrons. The number of nitrogens with one attached hydrogen (secondary N) is 4. The molecule has 5 heterocycles. The van der Waals surface area contributed by atoms with E-state index in [0.29, 0.717) is 48.7 Å². The number of carbonyl (C=O) groups excluding carboxylic acids is 3. The number of alkyl carbamates (subject to hydrolysis) is 1. The number of aromatic nitrogens is 3. The Hall–Kier alpha value is -7.00. The first-order chi connectivity index (χ1) is 35.4. The second-order valence-electron chi connectivity index (χ2n) is 20.6. The van der Waals surface area contributed by atoms with Gasteiger partial charge in [-0.1, -0.05) is 44.7 Å². The number of fused-ring (bicyclic) bond motifs is 2. The number of carboxylic acid groups (broad SMARTS) is 1. The number of alkyl halides is 3. The molecule has 4 amide bonds. The number of piperazine rings is 1. The number of carbonyl (C=O) groups is 4. The van der Waals surface area contributed by atoms with Gasteiger partial charge in [0.2, 0.25) is 5.91 Å². The molecule has 2 aromatic carbocycles. The second-order valence-corrected chi connectivity index (χ2v) is 20.6. The van der Waals surface area contributed by atoms with Gasteiger partial charge in [-0.3, -0.25) is 29.9 Å². The first-order valence-corrected chi connectivity index (χ1v) is 24.3. The quantitative estimate of drug-likeness (QED) is 0.0456. The third kappa shape index (κ3) is 13.7. The molecule has 3 aliphatic rings. The molecule has 75 heavy (non-hydrogen) atoms. The number of anilines is 1. The van der Waals surface area contributed by atoms with Crippen molar-refractivity contribution in [3.8, 4) is 23.1 Å². The Labute approximate surface area is 430 Å². The van der Waals surface area contributed by atoms with Crippen LogP contribution >= 0.6 is 0 Å². The molecule has 23 heteroatoms. The van der Waals surface area contributed by atoms with Crippen LogP contribution in [0.4, 0.5) is 37.4 Å². The lowest BCUT2D eigenvalue weighted by molar-refractivity contribution is -0.220. The lowest BCUT2D eigenvalue weighted by atomic mass is 9.82. The summed E-state index contributed by atoms with van der Waals surface area (Å²) in [6, 6.07) is 8.37. The number of amides is 4. The van der Waals surface area contributed by atoms with Gasteiger partial charge >= 0.3 is 18.4 Å². The normalized spacial score (nSPS) is 18.7. The Bertz CT molecular complexity index is 2700. The van der Waals surface area contributed by atoms with E-state index in [2.05, 4.69) is 52.4 Å². The zero-order chi connectivity index (χ0) is 54.4. The van der Waals surface area contributed by atoms with Crippen molar-refractivity contribution in [3.63, 3.8) is 0 Å². The number of hydrazine groups is 1. The average molecular weight is 1050 g/mol. The van der Waals surface area contributed by atoms with Crippen molar-refractivity contribution < 1.29 is 60.8 Å². The molecule has 4 aromatic rings. The Morgan fingerprint density at radius 1 is 0.840 bits per heavy atom. The molecule has 0 spiro atoms. The highest BCUT2D eigenvalue weighted by Gasteiger charge is 2.56. The summed E-state index contributed by atoms with van der Waals surface area (Å²) in [7, 11) is 0.894. The van der Waals surface area contributed by atoms with E-state index < -0.39 is 95.5 Å². The summed E-state index contributed by atoms with van der Waals surface area (Å²) in [4.78, 5) is 69.8. The summed E-state index contributed by atoms with van der Waals surface area (Å²) in [6.45, 7) is 7.78. The smallest absolute Gasteiger partial charge is 0.407 e. The number of methoxy groups -OCH3 is 1. The van der Waals surface area contributed by atoms with Gasteiger partial charge in [-0.2, -0.15) is 13.2 Å². The molecular weight excluding hydrogens is 988 g/mol. The third-order valence-electron chi connectivity index (χ3n) is 13.8. The van der Waals surface area contributed by atoms with Gasteiger partial charge in [0.15, 0.2) is 0 Å². The van der Waals surface area contributed by atoms with Crippen LogP contribution in [-0.4, -0.2) is 148 Å². The molecule has 6 atom stereocenters. The minimum atomic E-state index is -5.06. The van der Waals surface area contributed by atoms with Crippen LogP contribution < -0.4 is 26.3 Å². The summed E-state index contributed by atoms with van der Waals surface area (Å²) in [5, 5.41) is 29.1. The molecule has 18 nitrogen and oxygen atoms in total. The zero-order valence-electron chi connectivity index (χ0n) is 42.3. The molecular formula is C52H61F5N10O8. The molecule has 3 saturated heterocycles. The van der Waals surface area contributed by atoms with Crippen molar-refractivity contribution in [2.24, 2.45) is 10.8 Å². The first-order valence-electron chi connectivity index (χ1n) is 24.3. The van der Waals surface area contributed by atoms with E-state index in [1.165, 1.54) is 18.6 Å². The minimum Gasteiger partial charge on any atom is -0.465 e. The van der Waals surface area contributed by atoms with Crippen LogP contribution in [-0.2, 0) is 32.0 Å². The van der Waals surface area contributed by atoms with Crippen molar-refractivity contribution >= 4 is 29.8 Å². The molecule has 6 N–H and O–H groups in total. The average Bonchev–Trinajstić information content (AvgIpc) is 3.57. The second kappa shape index (κ2) is 23.3. The van der Waals surface area contributed by atoms with E-state index >= 15 is 8.78 Å². The Morgan fingerprint density at radius 2 is 1.48 bits per heavy atom. The number of aliphatic hydroxyl groups excluding tert-OH is 1. The lowest BCUT2D eigenvalue weighted by Gasteiger charge is -2.47. The molecule has 3 aliphatic heterocycles. The molecule has 2 aromatic heterocycles. The van der Waals surface area contributed by atoms with Crippen molar-refractivity contribution in [2.45, 2.75) is 109 Å². The Kier molecular flexibility index (Phi) is 17.3. The topological polar surface area (TPSA) is 224 Å². The molecule has 3 fully saturated rings. The predicted molar refractivity (Wildman–Crippen MR) is 263 cm³/mol. The van der Waals surface area contributed by atoms with Crippen molar-refractivity contribution in [1.29, 1.82) is 0 Å². The van der Waals surface area contributed by atoms with Crippen LogP contribution in [0.1, 0.15) is 69.7 Å². The van der Waals surface area contributed by atoms with E-state index in [4.69, 9.17) is 9.72 Å². The van der Waals surface area contributed by atoms with Crippen LogP contribution in [0.3, 0.4) is 0 Å². The molecule has 6 unspecified atom stereocenters. The molecule has 0 radical (unpaired) electrons. The monoisotopic (exact) mass is 1050 g/mol. The van der Waals surface area contributed by atoms with Crippen molar-refractivity contribution in [1.82, 2.24) is 46.2 Å². The Morgan fingerprint density at radius 3 is 2.01 bits per heavy atom. The standard InChI is InChI=1S/C52H61F5N10O8/c1-50(2,3)44(62-48(71)72)47(70)64-66(26-37-38(53)20-33(21-39(37)54)41-23-58-17-18-59-41)27-42(68)40(61-46(69)45(63-49(73)74-6)51(4,5)52(55,56)57)19-31-10-7-30(8-11-31)9-12-32-13-16-43(60-22-32)65-24-34-14-15-35(25-65)67(34)36-28-75-29-36/h7-8,10-11,13,16-18,20-23,34-36,40,42,44-45,62,68H,14-15,19,24-29H2,1-6H3,(H,61,69)(H,63,73)(H,64,70)(H,71,72). The number of rotatable bonds is 17. The van der Waals surface area contributed by atoms with E-state index in [1.807, 2.05) is 17.4 Å². The molecule has 0 aliphatic carbocycles. The number of halogens is 5. The van der Waals surface area contributed by atoms with Gasteiger partial charge in [0.1, 0.15) is 29.5 Å². The summed E-state index contributed by atoms with van der Waals surface area (Å²) < 4.78 is 85.5. The van der Waals surface area contributed by atoms with Crippen LogP contribution in [0.2, 0.25) is 0 Å². The summed E-state index contributed by atoms with van der Waals surface area (Å²) >= 11 is 0. The maximum Gasteiger partial charge on any atom is 0.407 e. The zero-order valence-corrected chi connectivity index (χ0v) is 42.3. The first kappa shape index (κ1) is 55.7. The fraction of sp³-hybridized carbons (Fsp3) is 0.481. The van der Waals surface area contributed by atoms with Gasteiger partial charge in [-0.25, -0.2) is 28.4 Å². The van der Waals surface area contributed by atoms with Crippen LogP contribution in [0.5, 0.6) is 0 Å². The number of nitrogens with zero attached hydrogens (tertiary/aromatic N) is 6. The lowest BCUT2D eigenvalue weighted by Crippen LogP contribution is -2.63. The van der Waals surface area contributed by atoms with Crippen LogP contribution in [0.25, 0.3) is 11.3 Å². The maximum atomic E-state index is 15.9. The summed E-state index contributed by atoms with van der Waals surface area (Å²) in [5.41, 5.74) is -0.380. The molecule has 2 bridgehead atoms. The molecule has 7 rings (SSSR count). The highest BCUT2D eigenvalue weighted by Crippen LogP contribution is 2.41. The van der Waals surface area contributed by atoms with Gasteiger partial charge in [0.05, 0.1) is 55.8 Å². The molecule has 0 saturated carbocycles. The van der Waals surface area contributed by atoms with Crippen LogP contribution in [0.15, 0.2) is 73.3 Å². The minimum absolute atomic E-state index is 0.0188. The van der Waals surface area contributed by atoms with Crippen molar-refractivity contribution in [3.05, 3.63) is 107 Å². The van der Waals surface area contributed by atoms with E-state index in [1.54, 1.807) is 51.2 Å². The predicted octanol–water partition coefficient (Wildman–Crippen LogP) is 5.19. The van der Waals surface area contributed by atoms with E-state index in [9.17, 15) is 42.6 Å². The third-order valence-corrected chi connectivity index (χ3v) is 13.8. The largest absolute Gasteiger partial charge is 0.465 e. The number of hydrogen-bond acceptors (Lipinski definition) is 13.